The molecule has 1 fully saturated rings. The summed E-state index contributed by atoms with van der Waals surface area (Å²) < 4.78 is 21.5. The maximum Gasteiger partial charge on any atom is 0.470 e. The van der Waals surface area contributed by atoms with E-state index in [-0.39, 0.29) is 5.82 Å². The smallest absolute Gasteiger partial charge is 0.394 e. The maximum absolute atomic E-state index is 11.7. The van der Waals surface area contributed by atoms with Crippen LogP contribution in [0.1, 0.15) is 6.23 Å². The van der Waals surface area contributed by atoms with E-state index in [1.54, 1.807) is 0 Å². The Balaban J connectivity index is 2.39. The number of nitrogens with zero attached hydrogens (tertiary/aromatic N) is 2. The van der Waals surface area contributed by atoms with Crippen LogP contribution in [0.4, 0.5) is 5.82 Å². The molecule has 6 N–H and O–H groups in total. The van der Waals surface area contributed by atoms with Gasteiger partial charge in [0, 0.05) is 6.20 Å². The highest BCUT2D eigenvalue weighted by molar-refractivity contribution is 7.46. The van der Waals surface area contributed by atoms with Crippen molar-refractivity contribution in [2.24, 2.45) is 0 Å². The number of aliphatic hydroxyl groups is 2. The lowest BCUT2D eigenvalue weighted by Gasteiger charge is -2.22. The first kappa shape index (κ1) is 16.0. The van der Waals surface area contributed by atoms with Crippen molar-refractivity contribution in [3.63, 3.8) is 0 Å². The molecule has 2 rings (SSSR count). The molecule has 0 bridgehead atoms. The zero-order valence-corrected chi connectivity index (χ0v) is 11.4. The van der Waals surface area contributed by atoms with Gasteiger partial charge in [-0.3, -0.25) is 9.09 Å². The maximum atomic E-state index is 11.7. The minimum Gasteiger partial charge on any atom is -0.394 e. The summed E-state index contributed by atoms with van der Waals surface area (Å²) in [6, 6.07) is 1.26. The number of phosphoric acid groups is 1. The highest BCUT2D eigenvalue weighted by atomic mass is 31.2. The van der Waals surface area contributed by atoms with Crippen LogP contribution in [-0.2, 0) is 13.8 Å². The Hall–Kier alpha value is -1.33. The van der Waals surface area contributed by atoms with Crippen LogP contribution < -0.4 is 11.4 Å². The number of hydrogen-bond donors (Lipinski definition) is 5. The van der Waals surface area contributed by atoms with Crippen LogP contribution in [0.3, 0.4) is 0 Å². The lowest BCUT2D eigenvalue weighted by Crippen LogP contribution is -2.37. The molecule has 0 saturated carbocycles. The summed E-state index contributed by atoms with van der Waals surface area (Å²) in [6.07, 6.45) is -4.47. The number of anilines is 1. The Morgan fingerprint density at radius 1 is 1.52 bits per heavy atom. The van der Waals surface area contributed by atoms with Crippen molar-refractivity contribution in [2.75, 3.05) is 12.3 Å². The van der Waals surface area contributed by atoms with Crippen LogP contribution in [0.5, 0.6) is 0 Å². The van der Waals surface area contributed by atoms with Gasteiger partial charge in [-0.15, -0.1) is 0 Å². The molecule has 0 unspecified atom stereocenters. The van der Waals surface area contributed by atoms with Crippen LogP contribution in [0, 0.1) is 0 Å². The fraction of sp³-hybridized carbons (Fsp3) is 0.556. The second kappa shape index (κ2) is 5.81. The molecule has 0 spiro atoms. The Bertz CT molecular complexity index is 615. The largest absolute Gasteiger partial charge is 0.470 e. The number of nitrogen functional groups attached to an aromatic ring is 1. The number of ether oxygens (including phenoxy) is 1. The second-order valence-electron chi connectivity index (χ2n) is 4.34. The fourth-order valence-electron chi connectivity index (χ4n) is 1.98. The molecular formula is C9H14N3O8P. The number of aliphatic hydroxyl groups excluding tert-OH is 2. The predicted octanol–water partition coefficient (Wildman–Crippen LogP) is -2.45. The van der Waals surface area contributed by atoms with E-state index in [1.165, 1.54) is 12.3 Å². The van der Waals surface area contributed by atoms with E-state index in [1.807, 2.05) is 0 Å². The Morgan fingerprint density at radius 3 is 2.71 bits per heavy atom. The summed E-state index contributed by atoms with van der Waals surface area (Å²) in [7, 11) is -4.95. The van der Waals surface area contributed by atoms with Gasteiger partial charge in [-0.2, -0.15) is 4.98 Å². The molecule has 0 aromatic carbocycles. The average molecular weight is 323 g/mol. The summed E-state index contributed by atoms with van der Waals surface area (Å²) in [4.78, 5) is 32.9. The molecule has 1 aromatic rings. The Morgan fingerprint density at radius 2 is 2.19 bits per heavy atom. The van der Waals surface area contributed by atoms with E-state index in [4.69, 9.17) is 25.4 Å². The summed E-state index contributed by atoms with van der Waals surface area (Å²) >= 11 is 0. The van der Waals surface area contributed by atoms with Crippen LogP contribution in [0.15, 0.2) is 17.1 Å². The minimum atomic E-state index is -4.95. The van der Waals surface area contributed by atoms with Crippen molar-refractivity contribution in [1.29, 1.82) is 0 Å². The zero-order chi connectivity index (χ0) is 15.8. The molecule has 0 amide bonds. The van der Waals surface area contributed by atoms with Gasteiger partial charge in [0.05, 0.1) is 6.61 Å². The summed E-state index contributed by atoms with van der Waals surface area (Å²) in [5.74, 6) is -0.0547. The molecule has 0 radical (unpaired) electrons. The molecule has 0 aliphatic carbocycles. The number of aromatic nitrogens is 2. The van der Waals surface area contributed by atoms with Crippen LogP contribution in [-0.4, -0.2) is 54.5 Å². The standard InChI is InChI=1S/C9H14N3O8P/c10-5-1-2-12(9(15)11-5)8-7(20-21(16,17)18)6(14)4(3-13)19-8/h1-2,4,6-8,13-14H,3H2,(H2,10,11,15)(H2,16,17,18)/t4-,6+,7+,8+/m1/s1. The first-order valence-corrected chi connectivity index (χ1v) is 7.29. The molecule has 1 aliphatic rings. The lowest BCUT2D eigenvalue weighted by molar-refractivity contribution is -0.0543. The molecule has 21 heavy (non-hydrogen) atoms. The number of hydrogen-bond acceptors (Lipinski definition) is 8. The monoisotopic (exact) mass is 323 g/mol. The van der Waals surface area contributed by atoms with Crippen molar-refractivity contribution in [3.05, 3.63) is 22.7 Å². The third-order valence-corrected chi connectivity index (χ3v) is 3.40. The topological polar surface area (TPSA) is 177 Å². The molecule has 1 aromatic heterocycles. The molecule has 12 heteroatoms. The lowest BCUT2D eigenvalue weighted by atomic mass is 10.1. The first-order valence-electron chi connectivity index (χ1n) is 5.76. The van der Waals surface area contributed by atoms with Gasteiger partial charge in [-0.25, -0.2) is 9.36 Å². The average Bonchev–Trinajstić information content (AvgIpc) is 2.65. The minimum absolute atomic E-state index is 0.0547. The van der Waals surface area contributed by atoms with E-state index < -0.39 is 44.7 Å². The van der Waals surface area contributed by atoms with E-state index in [0.29, 0.717) is 0 Å². The normalized spacial score (nSPS) is 29.7. The van der Waals surface area contributed by atoms with Gasteiger partial charge in [-0.05, 0) is 6.07 Å². The SMILES string of the molecule is Nc1ccn([C@H]2O[C@H](CO)[C@H](O)[C@@H]2OP(=O)(O)O)c(=O)n1. The first-order chi connectivity index (χ1) is 9.73. The van der Waals surface area contributed by atoms with Crippen LogP contribution in [0.2, 0.25) is 0 Å². The fourth-order valence-corrected chi connectivity index (χ4v) is 2.53. The van der Waals surface area contributed by atoms with E-state index in [0.717, 1.165) is 4.57 Å². The Kier molecular flexibility index (Phi) is 4.44. The van der Waals surface area contributed by atoms with Crippen molar-refractivity contribution >= 4 is 13.6 Å². The van der Waals surface area contributed by atoms with E-state index in [2.05, 4.69) is 9.51 Å². The van der Waals surface area contributed by atoms with Gasteiger partial charge in [0.1, 0.15) is 24.1 Å². The third kappa shape index (κ3) is 3.47. The van der Waals surface area contributed by atoms with Gasteiger partial charge in [0.25, 0.3) is 0 Å². The summed E-state index contributed by atoms with van der Waals surface area (Å²) in [5, 5.41) is 18.9. The van der Waals surface area contributed by atoms with Crippen molar-refractivity contribution < 1.29 is 33.8 Å². The number of phosphoric ester groups is 1. The molecule has 118 valence electrons. The van der Waals surface area contributed by atoms with Gasteiger partial charge < -0.3 is 30.5 Å². The highest BCUT2D eigenvalue weighted by Crippen LogP contribution is 2.44. The van der Waals surface area contributed by atoms with E-state index >= 15 is 0 Å². The zero-order valence-electron chi connectivity index (χ0n) is 10.5. The van der Waals surface area contributed by atoms with Gasteiger partial charge >= 0.3 is 13.5 Å². The summed E-state index contributed by atoms with van der Waals surface area (Å²) in [5.41, 5.74) is 4.48. The van der Waals surface area contributed by atoms with Gasteiger partial charge in [-0.1, -0.05) is 0 Å². The van der Waals surface area contributed by atoms with Gasteiger partial charge in [0.2, 0.25) is 0 Å². The highest BCUT2D eigenvalue weighted by Gasteiger charge is 2.48. The second-order valence-corrected chi connectivity index (χ2v) is 5.53. The van der Waals surface area contributed by atoms with Crippen molar-refractivity contribution in [3.8, 4) is 0 Å². The van der Waals surface area contributed by atoms with Crippen molar-refractivity contribution in [1.82, 2.24) is 9.55 Å². The van der Waals surface area contributed by atoms with E-state index in [9.17, 15) is 14.5 Å². The predicted molar refractivity (Wildman–Crippen MR) is 66.8 cm³/mol. The Labute approximate surface area is 117 Å². The molecule has 1 saturated heterocycles. The van der Waals surface area contributed by atoms with Crippen molar-refractivity contribution in [2.45, 2.75) is 24.5 Å². The van der Waals surface area contributed by atoms with Gasteiger partial charge in [0.15, 0.2) is 6.23 Å². The molecule has 1 aliphatic heterocycles. The quantitative estimate of drug-likeness (QED) is 0.374. The molecule has 2 heterocycles. The number of rotatable bonds is 4. The number of nitrogens with two attached hydrogens (primary N) is 1. The third-order valence-electron chi connectivity index (χ3n) is 2.88. The van der Waals surface area contributed by atoms with Crippen LogP contribution >= 0.6 is 7.82 Å². The van der Waals surface area contributed by atoms with Crippen LogP contribution in [0.25, 0.3) is 0 Å². The summed E-state index contributed by atoms with van der Waals surface area (Å²) in [6.45, 7) is -0.629. The molecular weight excluding hydrogens is 309 g/mol. The molecule has 11 nitrogen and oxygen atoms in total. The molecule has 4 atom stereocenters.